The van der Waals surface area contributed by atoms with Crippen LogP contribution in [0.25, 0.3) is 0 Å². The van der Waals surface area contributed by atoms with Crippen molar-refractivity contribution in [3.8, 4) is 0 Å². The van der Waals surface area contributed by atoms with Crippen LogP contribution in [0.15, 0.2) is 18.2 Å². The molecule has 5 N–H and O–H groups in total. The van der Waals surface area contributed by atoms with E-state index in [0.29, 0.717) is 13.0 Å². The molecule has 3 rings (SSSR count). The van der Waals surface area contributed by atoms with Gasteiger partial charge in [-0.15, -0.1) is 0 Å². The van der Waals surface area contributed by atoms with E-state index in [9.17, 15) is 4.79 Å². The van der Waals surface area contributed by atoms with Gasteiger partial charge in [0.2, 0.25) is 5.91 Å². The number of hydrogen-bond donors (Lipinski definition) is 3. The second kappa shape index (κ2) is 4.07. The molecule has 0 radical (unpaired) electrons. The first-order valence-corrected chi connectivity index (χ1v) is 6.53. The highest BCUT2D eigenvalue weighted by atomic mass is 16.1. The first kappa shape index (κ1) is 11.7. The van der Waals surface area contributed by atoms with Crippen LogP contribution in [-0.2, 0) is 11.2 Å². The van der Waals surface area contributed by atoms with E-state index < -0.39 is 0 Å². The Balaban J connectivity index is 1.88. The molecule has 0 bridgehead atoms. The molecular formula is C14H19N3O. The summed E-state index contributed by atoms with van der Waals surface area (Å²) < 4.78 is 0. The van der Waals surface area contributed by atoms with E-state index in [-0.39, 0.29) is 17.4 Å². The lowest BCUT2D eigenvalue weighted by Gasteiger charge is -2.24. The number of fused-ring (bicyclic) bond motifs is 1. The lowest BCUT2D eigenvalue weighted by atomic mass is 9.88. The van der Waals surface area contributed by atoms with Gasteiger partial charge in [-0.05, 0) is 43.0 Å². The van der Waals surface area contributed by atoms with Crippen molar-refractivity contribution in [2.45, 2.75) is 31.7 Å². The van der Waals surface area contributed by atoms with Crippen molar-refractivity contribution >= 4 is 11.6 Å². The van der Waals surface area contributed by atoms with Gasteiger partial charge in [0.15, 0.2) is 0 Å². The third kappa shape index (κ3) is 1.82. The minimum absolute atomic E-state index is 0.0189. The third-order valence-electron chi connectivity index (χ3n) is 4.34. The molecule has 1 amide bonds. The SMILES string of the molecule is NCC1(C(N)c2ccc3c(c2)CCC(=O)N3)CC1. The molecular weight excluding hydrogens is 226 g/mol. The average Bonchev–Trinajstić information content (AvgIpc) is 3.18. The van der Waals surface area contributed by atoms with Gasteiger partial charge in [-0.1, -0.05) is 12.1 Å². The molecule has 0 saturated heterocycles. The molecule has 1 aliphatic carbocycles. The molecule has 1 heterocycles. The van der Waals surface area contributed by atoms with Crippen molar-refractivity contribution in [2.24, 2.45) is 16.9 Å². The monoisotopic (exact) mass is 245 g/mol. The minimum atomic E-state index is 0.0189. The highest BCUT2D eigenvalue weighted by Crippen LogP contribution is 2.53. The number of carbonyl (C=O) groups is 1. The average molecular weight is 245 g/mol. The van der Waals surface area contributed by atoms with Gasteiger partial charge in [-0.3, -0.25) is 4.79 Å². The second-order valence-electron chi connectivity index (χ2n) is 5.51. The van der Waals surface area contributed by atoms with Gasteiger partial charge in [0.05, 0.1) is 0 Å². The summed E-state index contributed by atoms with van der Waals surface area (Å²) in [6, 6.07) is 6.14. The fourth-order valence-corrected chi connectivity index (χ4v) is 2.75. The van der Waals surface area contributed by atoms with Gasteiger partial charge < -0.3 is 16.8 Å². The number of anilines is 1. The van der Waals surface area contributed by atoms with Crippen molar-refractivity contribution in [1.82, 2.24) is 0 Å². The number of carbonyl (C=O) groups excluding carboxylic acids is 1. The van der Waals surface area contributed by atoms with Crippen molar-refractivity contribution in [3.05, 3.63) is 29.3 Å². The number of hydrogen-bond acceptors (Lipinski definition) is 3. The number of amides is 1. The molecule has 1 aromatic carbocycles. The van der Waals surface area contributed by atoms with E-state index in [1.807, 2.05) is 12.1 Å². The minimum Gasteiger partial charge on any atom is -0.330 e. The van der Waals surface area contributed by atoms with Crippen LogP contribution in [0.4, 0.5) is 5.69 Å². The molecule has 0 spiro atoms. The maximum absolute atomic E-state index is 11.3. The van der Waals surface area contributed by atoms with Crippen LogP contribution in [0, 0.1) is 5.41 Å². The van der Waals surface area contributed by atoms with Crippen LogP contribution >= 0.6 is 0 Å². The lowest BCUT2D eigenvalue weighted by molar-refractivity contribution is -0.116. The number of benzene rings is 1. The van der Waals surface area contributed by atoms with Crippen molar-refractivity contribution in [2.75, 3.05) is 11.9 Å². The quantitative estimate of drug-likeness (QED) is 0.751. The number of rotatable bonds is 3. The standard InChI is InChI=1S/C14H19N3O/c15-8-14(5-6-14)13(16)10-1-3-11-9(7-10)2-4-12(18)17-11/h1,3,7,13H,2,4-6,8,15-16H2,(H,17,18). The first-order chi connectivity index (χ1) is 8.64. The predicted octanol–water partition coefficient (Wildman–Crippen LogP) is 1.31. The molecule has 1 fully saturated rings. The molecule has 1 saturated carbocycles. The Kier molecular flexibility index (Phi) is 2.64. The lowest BCUT2D eigenvalue weighted by Crippen LogP contribution is -2.30. The van der Waals surface area contributed by atoms with E-state index >= 15 is 0 Å². The summed E-state index contributed by atoms with van der Waals surface area (Å²) in [4.78, 5) is 11.3. The largest absolute Gasteiger partial charge is 0.330 e. The highest BCUT2D eigenvalue weighted by Gasteiger charge is 2.47. The van der Waals surface area contributed by atoms with Gasteiger partial charge in [0, 0.05) is 23.6 Å². The number of nitrogens with one attached hydrogen (secondary N) is 1. The van der Waals surface area contributed by atoms with E-state index in [1.54, 1.807) is 0 Å². The van der Waals surface area contributed by atoms with Gasteiger partial charge in [-0.2, -0.15) is 0 Å². The summed E-state index contributed by atoms with van der Waals surface area (Å²) in [5.41, 5.74) is 15.5. The van der Waals surface area contributed by atoms with E-state index in [1.165, 1.54) is 5.56 Å². The summed E-state index contributed by atoms with van der Waals surface area (Å²) in [5, 5.41) is 2.89. The van der Waals surface area contributed by atoms with Gasteiger partial charge in [-0.25, -0.2) is 0 Å². The van der Waals surface area contributed by atoms with Crippen LogP contribution in [-0.4, -0.2) is 12.5 Å². The topological polar surface area (TPSA) is 81.1 Å². The smallest absolute Gasteiger partial charge is 0.224 e. The maximum Gasteiger partial charge on any atom is 0.224 e. The zero-order valence-electron chi connectivity index (χ0n) is 10.4. The van der Waals surface area contributed by atoms with E-state index in [2.05, 4.69) is 11.4 Å². The van der Waals surface area contributed by atoms with Crippen molar-refractivity contribution in [1.29, 1.82) is 0 Å². The van der Waals surface area contributed by atoms with Crippen molar-refractivity contribution < 1.29 is 4.79 Å². The zero-order valence-corrected chi connectivity index (χ0v) is 10.4. The van der Waals surface area contributed by atoms with Crippen LogP contribution in [0.3, 0.4) is 0 Å². The summed E-state index contributed by atoms with van der Waals surface area (Å²) in [6.07, 6.45) is 3.61. The van der Waals surface area contributed by atoms with Crippen LogP contribution in [0.1, 0.15) is 36.4 Å². The summed E-state index contributed by atoms with van der Waals surface area (Å²) in [5.74, 6) is 0.0974. The van der Waals surface area contributed by atoms with Gasteiger partial charge in [0.1, 0.15) is 0 Å². The Bertz CT molecular complexity index is 494. The Hall–Kier alpha value is -1.39. The van der Waals surface area contributed by atoms with Crippen LogP contribution in [0.5, 0.6) is 0 Å². The van der Waals surface area contributed by atoms with Crippen LogP contribution in [0.2, 0.25) is 0 Å². The first-order valence-electron chi connectivity index (χ1n) is 6.53. The maximum atomic E-state index is 11.3. The fraction of sp³-hybridized carbons (Fsp3) is 0.500. The van der Waals surface area contributed by atoms with E-state index in [4.69, 9.17) is 11.5 Å². The molecule has 2 aliphatic rings. The molecule has 1 aromatic rings. The van der Waals surface area contributed by atoms with Crippen LogP contribution < -0.4 is 16.8 Å². The molecule has 1 aliphatic heterocycles. The summed E-state index contributed by atoms with van der Waals surface area (Å²) in [6.45, 7) is 0.655. The number of aryl methyl sites for hydroxylation is 1. The summed E-state index contributed by atoms with van der Waals surface area (Å²) in [7, 11) is 0. The molecule has 1 atom stereocenters. The molecule has 4 nitrogen and oxygen atoms in total. The molecule has 0 aromatic heterocycles. The molecule has 4 heteroatoms. The molecule has 96 valence electrons. The van der Waals surface area contributed by atoms with Gasteiger partial charge >= 0.3 is 0 Å². The molecule has 18 heavy (non-hydrogen) atoms. The van der Waals surface area contributed by atoms with Crippen molar-refractivity contribution in [3.63, 3.8) is 0 Å². The zero-order chi connectivity index (χ0) is 12.8. The third-order valence-corrected chi connectivity index (χ3v) is 4.34. The van der Waals surface area contributed by atoms with E-state index in [0.717, 1.165) is 30.5 Å². The Morgan fingerprint density at radius 1 is 1.33 bits per heavy atom. The Morgan fingerprint density at radius 3 is 2.78 bits per heavy atom. The Labute approximate surface area is 107 Å². The Morgan fingerprint density at radius 2 is 2.11 bits per heavy atom. The van der Waals surface area contributed by atoms with Gasteiger partial charge in [0.25, 0.3) is 0 Å². The second-order valence-corrected chi connectivity index (χ2v) is 5.51. The normalized spacial score (nSPS) is 22.0. The number of nitrogens with two attached hydrogens (primary N) is 2. The molecule has 1 unspecified atom stereocenters. The summed E-state index contributed by atoms with van der Waals surface area (Å²) >= 11 is 0. The highest BCUT2D eigenvalue weighted by molar-refractivity contribution is 5.93. The predicted molar refractivity (Wildman–Crippen MR) is 71.0 cm³/mol. The fourth-order valence-electron chi connectivity index (χ4n) is 2.75.